The first-order valence-corrected chi connectivity index (χ1v) is 13.2. The number of esters is 1. The van der Waals surface area contributed by atoms with Crippen LogP contribution < -0.4 is 14.2 Å². The second-order valence-electron chi connectivity index (χ2n) is 9.63. The van der Waals surface area contributed by atoms with Crippen LogP contribution >= 0.6 is 0 Å². The van der Waals surface area contributed by atoms with Crippen molar-refractivity contribution in [2.45, 2.75) is 32.9 Å². The summed E-state index contributed by atoms with van der Waals surface area (Å²) in [6.07, 6.45) is -0.0853. The van der Waals surface area contributed by atoms with Gasteiger partial charge in [-0.1, -0.05) is 49.3 Å². The highest BCUT2D eigenvalue weighted by Crippen LogP contribution is 2.31. The molecule has 1 amide bonds. The molecule has 10 nitrogen and oxygen atoms in total. The van der Waals surface area contributed by atoms with Crippen LogP contribution in [-0.2, 0) is 16.1 Å². The second-order valence-corrected chi connectivity index (χ2v) is 9.63. The highest BCUT2D eigenvalue weighted by atomic mass is 16.6. The fourth-order valence-electron chi connectivity index (χ4n) is 4.14. The van der Waals surface area contributed by atoms with Crippen LogP contribution in [0.25, 0.3) is 11.5 Å². The van der Waals surface area contributed by atoms with E-state index in [2.05, 4.69) is 10.1 Å². The van der Waals surface area contributed by atoms with Gasteiger partial charge in [0.25, 0.3) is 5.89 Å². The average Bonchev–Trinajstić information content (AvgIpc) is 3.48. The molecule has 0 radical (unpaired) electrons. The van der Waals surface area contributed by atoms with Crippen molar-refractivity contribution in [2.24, 2.45) is 5.92 Å². The minimum atomic E-state index is -0.669. The van der Waals surface area contributed by atoms with Gasteiger partial charge in [0.05, 0.1) is 20.3 Å². The zero-order valence-electron chi connectivity index (χ0n) is 23.5. The monoisotopic (exact) mass is 559 g/mol. The number of hydrogen-bond donors (Lipinski definition) is 0. The Morgan fingerprint density at radius 3 is 2.17 bits per heavy atom. The van der Waals surface area contributed by atoms with Crippen LogP contribution in [0.4, 0.5) is 4.79 Å². The molecule has 0 bridgehead atoms. The third-order valence-electron chi connectivity index (χ3n) is 6.22. The number of carbonyl (C=O) groups is 2. The summed E-state index contributed by atoms with van der Waals surface area (Å²) in [5.74, 6) is 2.03. The SMILES string of the molecule is COC(=O)CN(C(=O)Oc1ccc(OC)cc1)[C@@H](CC(C)C)c1ccc(OCc2noc(-c3ccccc3)n2)cc1. The average molecular weight is 560 g/mol. The molecule has 0 saturated heterocycles. The molecule has 1 heterocycles. The van der Waals surface area contributed by atoms with Crippen LogP contribution in [0.15, 0.2) is 83.4 Å². The van der Waals surface area contributed by atoms with Crippen LogP contribution in [-0.4, -0.2) is 47.9 Å². The van der Waals surface area contributed by atoms with Gasteiger partial charge in [0.15, 0.2) is 6.61 Å². The van der Waals surface area contributed by atoms with Crippen molar-refractivity contribution < 1.29 is 33.1 Å². The molecule has 0 aliphatic rings. The Morgan fingerprint density at radius 2 is 1.54 bits per heavy atom. The maximum absolute atomic E-state index is 13.4. The Balaban J connectivity index is 1.49. The first-order chi connectivity index (χ1) is 19.9. The minimum Gasteiger partial charge on any atom is -0.497 e. The Bertz CT molecular complexity index is 1400. The maximum Gasteiger partial charge on any atom is 0.416 e. The quantitative estimate of drug-likeness (QED) is 0.190. The smallest absolute Gasteiger partial charge is 0.416 e. The molecule has 0 aliphatic carbocycles. The number of ether oxygens (including phenoxy) is 4. The fraction of sp³-hybridized carbons (Fsp3) is 0.290. The van der Waals surface area contributed by atoms with Gasteiger partial charge >= 0.3 is 12.1 Å². The van der Waals surface area contributed by atoms with Gasteiger partial charge in [-0.05, 0) is 66.4 Å². The lowest BCUT2D eigenvalue weighted by molar-refractivity contribution is -0.142. The number of hydrogen-bond acceptors (Lipinski definition) is 9. The number of aromatic nitrogens is 2. The largest absolute Gasteiger partial charge is 0.497 e. The summed E-state index contributed by atoms with van der Waals surface area (Å²) < 4.78 is 26.9. The molecule has 0 saturated carbocycles. The van der Waals surface area contributed by atoms with E-state index in [4.69, 9.17) is 23.5 Å². The van der Waals surface area contributed by atoms with Crippen molar-refractivity contribution in [3.05, 3.63) is 90.3 Å². The summed E-state index contributed by atoms with van der Waals surface area (Å²) in [5, 5.41) is 3.99. The third kappa shape index (κ3) is 8.07. The van der Waals surface area contributed by atoms with Gasteiger partial charge in [-0.25, -0.2) is 4.79 Å². The lowest BCUT2D eigenvalue weighted by Gasteiger charge is -2.31. The predicted octanol–water partition coefficient (Wildman–Crippen LogP) is 6.09. The van der Waals surface area contributed by atoms with Crippen molar-refractivity contribution in [1.82, 2.24) is 15.0 Å². The van der Waals surface area contributed by atoms with E-state index in [1.807, 2.05) is 56.3 Å². The molecule has 4 aromatic rings. The summed E-state index contributed by atoms with van der Waals surface area (Å²) in [6.45, 7) is 3.94. The van der Waals surface area contributed by atoms with E-state index in [9.17, 15) is 9.59 Å². The van der Waals surface area contributed by atoms with Crippen LogP contribution in [0.3, 0.4) is 0 Å². The zero-order valence-corrected chi connectivity index (χ0v) is 23.5. The van der Waals surface area contributed by atoms with Gasteiger partial charge in [-0.2, -0.15) is 4.98 Å². The van der Waals surface area contributed by atoms with Crippen LogP contribution in [0.1, 0.15) is 37.7 Å². The number of methoxy groups -OCH3 is 2. The van der Waals surface area contributed by atoms with Crippen molar-refractivity contribution in [2.75, 3.05) is 20.8 Å². The summed E-state index contributed by atoms with van der Waals surface area (Å²) in [6, 6.07) is 23.0. The van der Waals surface area contributed by atoms with E-state index in [-0.39, 0.29) is 19.1 Å². The van der Waals surface area contributed by atoms with Crippen molar-refractivity contribution in [3.63, 3.8) is 0 Å². The van der Waals surface area contributed by atoms with Gasteiger partial charge in [0, 0.05) is 5.56 Å². The Morgan fingerprint density at radius 1 is 0.878 bits per heavy atom. The fourth-order valence-corrected chi connectivity index (χ4v) is 4.14. The lowest BCUT2D eigenvalue weighted by Crippen LogP contribution is -2.41. The van der Waals surface area contributed by atoms with E-state index in [0.717, 1.165) is 11.1 Å². The topological polar surface area (TPSA) is 113 Å². The molecule has 1 aromatic heterocycles. The van der Waals surface area contributed by atoms with E-state index in [1.165, 1.54) is 12.0 Å². The van der Waals surface area contributed by atoms with Crippen LogP contribution in [0, 0.1) is 5.92 Å². The molecule has 0 aliphatic heterocycles. The third-order valence-corrected chi connectivity index (χ3v) is 6.22. The summed E-state index contributed by atoms with van der Waals surface area (Å²) in [4.78, 5) is 31.5. The first-order valence-electron chi connectivity index (χ1n) is 13.2. The number of nitrogens with zero attached hydrogens (tertiary/aromatic N) is 3. The summed E-state index contributed by atoms with van der Waals surface area (Å²) in [7, 11) is 2.84. The molecule has 0 fully saturated rings. The molecule has 0 spiro atoms. The zero-order chi connectivity index (χ0) is 29.2. The Kier molecular flexibility index (Phi) is 9.93. The van der Waals surface area contributed by atoms with E-state index >= 15 is 0 Å². The molecule has 0 unspecified atom stereocenters. The van der Waals surface area contributed by atoms with Gasteiger partial charge in [0.1, 0.15) is 23.8 Å². The molecule has 41 heavy (non-hydrogen) atoms. The van der Waals surface area contributed by atoms with Crippen molar-refractivity contribution in [1.29, 1.82) is 0 Å². The van der Waals surface area contributed by atoms with Gasteiger partial charge in [0.2, 0.25) is 5.82 Å². The molecule has 10 heteroatoms. The second kappa shape index (κ2) is 14.0. The summed E-state index contributed by atoms with van der Waals surface area (Å²) in [5.41, 5.74) is 1.64. The Labute approximate surface area is 238 Å². The Hall–Kier alpha value is -4.86. The molecule has 3 aromatic carbocycles. The van der Waals surface area contributed by atoms with E-state index < -0.39 is 18.1 Å². The maximum atomic E-state index is 13.4. The molecular formula is C31H33N3O7. The summed E-state index contributed by atoms with van der Waals surface area (Å²) >= 11 is 0. The lowest BCUT2D eigenvalue weighted by atomic mass is 9.95. The molecule has 0 N–H and O–H groups in total. The number of benzene rings is 3. The van der Waals surface area contributed by atoms with E-state index in [1.54, 1.807) is 43.5 Å². The van der Waals surface area contributed by atoms with Crippen molar-refractivity contribution in [3.8, 4) is 28.7 Å². The number of rotatable bonds is 12. The normalized spacial score (nSPS) is 11.5. The molecule has 214 valence electrons. The minimum absolute atomic E-state index is 0.119. The number of carbonyl (C=O) groups excluding carboxylic acids is 2. The van der Waals surface area contributed by atoms with Crippen LogP contribution in [0.2, 0.25) is 0 Å². The molecular weight excluding hydrogens is 526 g/mol. The molecule has 4 rings (SSSR count). The highest BCUT2D eigenvalue weighted by Gasteiger charge is 2.30. The van der Waals surface area contributed by atoms with E-state index in [0.29, 0.717) is 35.4 Å². The molecule has 1 atom stereocenters. The number of amides is 1. The van der Waals surface area contributed by atoms with Gasteiger partial charge in [-0.15, -0.1) is 0 Å². The van der Waals surface area contributed by atoms with Gasteiger partial charge in [-0.3, -0.25) is 9.69 Å². The van der Waals surface area contributed by atoms with Crippen molar-refractivity contribution >= 4 is 12.1 Å². The van der Waals surface area contributed by atoms with Gasteiger partial charge < -0.3 is 23.5 Å². The van der Waals surface area contributed by atoms with Crippen LogP contribution in [0.5, 0.6) is 17.2 Å². The first kappa shape index (κ1) is 29.1. The highest BCUT2D eigenvalue weighted by molar-refractivity contribution is 5.79. The standard InChI is InChI=1S/C31H33N3O7/c1-21(2)18-27(34(19-29(35)38-4)31(36)40-26-16-14-24(37-3)15-17-26)22-10-12-25(13-11-22)39-20-28-32-30(41-33-28)23-8-6-5-7-9-23/h5-17,21,27H,18-20H2,1-4H3/t27-/m0/s1. The predicted molar refractivity (Wildman–Crippen MR) is 150 cm³/mol.